The Kier molecular flexibility index (Phi) is 2.94. The van der Waals surface area contributed by atoms with Gasteiger partial charge in [0.2, 0.25) is 0 Å². The van der Waals surface area contributed by atoms with Gasteiger partial charge in [-0.3, -0.25) is 0 Å². The van der Waals surface area contributed by atoms with Gasteiger partial charge in [0, 0.05) is 17.4 Å². The third-order valence-electron chi connectivity index (χ3n) is 2.83. The first-order valence-electron chi connectivity index (χ1n) is 5.44. The first-order valence-corrected chi connectivity index (χ1v) is 6.67. The molecule has 0 saturated heterocycles. The van der Waals surface area contributed by atoms with Crippen molar-refractivity contribution in [2.24, 2.45) is 0 Å². The van der Waals surface area contributed by atoms with Crippen LogP contribution in [0.2, 0.25) is 0 Å². The number of halogens is 3. The highest BCUT2D eigenvalue weighted by atomic mass is 32.2. The van der Waals surface area contributed by atoms with Gasteiger partial charge in [-0.05, 0) is 18.6 Å². The van der Waals surface area contributed by atoms with Gasteiger partial charge in [0.05, 0.1) is 10.5 Å². The number of aryl methyl sites for hydroxylation is 1. The van der Waals surface area contributed by atoms with Crippen LogP contribution in [0.15, 0.2) is 24.3 Å². The summed E-state index contributed by atoms with van der Waals surface area (Å²) in [7, 11) is -1.74. The molecule has 1 atom stereocenters. The molecule has 1 aromatic carbocycles. The van der Waals surface area contributed by atoms with Crippen LogP contribution in [0.5, 0.6) is 0 Å². The number of rotatable bonds is 1. The van der Waals surface area contributed by atoms with E-state index in [2.05, 4.69) is 0 Å². The standard InChI is InChI=1S/C13H14F3S/c1-8(2)12-7-10-9(3)5-4-6-11(10)17(12)13(14,15)16/h4-8H,1-3H3/q+1. The number of hydrogen-bond donors (Lipinski definition) is 0. The number of alkyl halides is 3. The predicted octanol–water partition coefficient (Wildman–Crippen LogP) is 5.50. The lowest BCUT2D eigenvalue weighted by Gasteiger charge is -2.02. The smallest absolute Gasteiger partial charge is 0.118 e. The highest BCUT2D eigenvalue weighted by molar-refractivity contribution is 7.38. The molecule has 0 nitrogen and oxygen atoms in total. The molecule has 0 bridgehead atoms. The Balaban J connectivity index is 2.86. The van der Waals surface area contributed by atoms with Gasteiger partial charge in [-0.15, -0.1) is 13.2 Å². The van der Waals surface area contributed by atoms with Crippen LogP contribution in [0.4, 0.5) is 13.2 Å². The van der Waals surface area contributed by atoms with Gasteiger partial charge in [-0.25, -0.2) is 0 Å². The molecular weight excluding hydrogens is 245 g/mol. The topological polar surface area (TPSA) is 0 Å². The van der Waals surface area contributed by atoms with E-state index in [-0.39, 0.29) is 5.92 Å². The van der Waals surface area contributed by atoms with Crippen LogP contribution in [-0.2, 0) is 5.51 Å². The molecule has 1 heterocycles. The average molecular weight is 259 g/mol. The molecule has 1 unspecified atom stereocenters. The summed E-state index contributed by atoms with van der Waals surface area (Å²) < 4.78 is 39.9. The highest BCUT2D eigenvalue weighted by Crippen LogP contribution is 2.53. The summed E-state index contributed by atoms with van der Waals surface area (Å²) in [6.45, 7) is 5.49. The zero-order valence-corrected chi connectivity index (χ0v) is 10.7. The Labute approximate surface area is 101 Å². The third kappa shape index (κ3) is 2.06. The molecule has 0 aliphatic rings. The fraction of sp³-hybridized carbons (Fsp3) is 0.385. The number of fused-ring (bicyclic) bond motifs is 1. The minimum Gasteiger partial charge on any atom is -0.118 e. The van der Waals surface area contributed by atoms with Crippen molar-refractivity contribution in [2.75, 3.05) is 0 Å². The van der Waals surface area contributed by atoms with Gasteiger partial charge in [-0.2, -0.15) is 0 Å². The quantitative estimate of drug-likeness (QED) is 0.593. The summed E-state index contributed by atoms with van der Waals surface area (Å²) in [4.78, 5) is 0.502. The van der Waals surface area contributed by atoms with Crippen molar-refractivity contribution >= 4 is 20.6 Å². The maximum atomic E-state index is 13.2. The van der Waals surface area contributed by atoms with Crippen molar-refractivity contribution in [1.29, 1.82) is 0 Å². The Bertz CT molecular complexity index is 550. The van der Waals surface area contributed by atoms with E-state index in [0.717, 1.165) is 10.9 Å². The zero-order valence-electron chi connectivity index (χ0n) is 9.93. The van der Waals surface area contributed by atoms with Crippen LogP contribution in [-0.4, -0.2) is 0 Å². The van der Waals surface area contributed by atoms with E-state index in [1.807, 2.05) is 26.8 Å². The predicted molar refractivity (Wildman–Crippen MR) is 66.6 cm³/mol. The largest absolute Gasteiger partial charge is 0.600 e. The van der Waals surface area contributed by atoms with Gasteiger partial charge >= 0.3 is 5.51 Å². The molecular formula is C13H14F3S+. The van der Waals surface area contributed by atoms with E-state index in [0.29, 0.717) is 9.58 Å². The first-order chi connectivity index (χ1) is 7.82. The average Bonchev–Trinajstić information content (AvgIpc) is 2.57. The third-order valence-corrected chi connectivity index (χ3v) is 5.15. The molecule has 2 rings (SSSR count). The van der Waals surface area contributed by atoms with E-state index in [1.165, 1.54) is 0 Å². The summed E-state index contributed by atoms with van der Waals surface area (Å²) in [6.07, 6.45) is 0. The second-order valence-corrected chi connectivity index (χ2v) is 6.43. The fourth-order valence-corrected chi connectivity index (χ4v) is 4.14. The molecule has 0 radical (unpaired) electrons. The Hall–Kier alpha value is -1.03. The van der Waals surface area contributed by atoms with Crippen molar-refractivity contribution in [3.05, 3.63) is 34.7 Å². The molecule has 0 saturated carbocycles. The van der Waals surface area contributed by atoms with E-state index >= 15 is 0 Å². The first kappa shape index (κ1) is 12.4. The van der Waals surface area contributed by atoms with Crippen molar-refractivity contribution < 1.29 is 13.2 Å². The van der Waals surface area contributed by atoms with Gasteiger partial charge < -0.3 is 0 Å². The van der Waals surface area contributed by atoms with Crippen LogP contribution in [0.3, 0.4) is 0 Å². The highest BCUT2D eigenvalue weighted by Gasteiger charge is 2.48. The normalized spacial score (nSPS) is 13.7. The van der Waals surface area contributed by atoms with Crippen LogP contribution in [0.1, 0.15) is 30.2 Å². The Morgan fingerprint density at radius 1 is 1.18 bits per heavy atom. The summed E-state index contributed by atoms with van der Waals surface area (Å²) in [5.41, 5.74) is -3.25. The van der Waals surface area contributed by atoms with E-state index in [4.69, 9.17) is 0 Å². The van der Waals surface area contributed by atoms with E-state index < -0.39 is 16.0 Å². The van der Waals surface area contributed by atoms with E-state index in [1.54, 1.807) is 18.2 Å². The second kappa shape index (κ2) is 4.02. The molecule has 0 N–H and O–H groups in total. The summed E-state index contributed by atoms with van der Waals surface area (Å²) in [5.74, 6) is -0.0771. The monoisotopic (exact) mass is 259 g/mol. The molecule has 0 fully saturated rings. The molecule has 0 aliphatic heterocycles. The number of hydrogen-bond acceptors (Lipinski definition) is 0. The minimum absolute atomic E-state index is 0.0771. The van der Waals surface area contributed by atoms with Crippen LogP contribution in [0, 0.1) is 6.92 Å². The molecule has 2 aromatic rings. The van der Waals surface area contributed by atoms with Crippen molar-refractivity contribution in [3.63, 3.8) is 0 Å². The Morgan fingerprint density at radius 3 is 2.35 bits per heavy atom. The van der Waals surface area contributed by atoms with Crippen molar-refractivity contribution in [3.8, 4) is 0 Å². The van der Waals surface area contributed by atoms with Crippen molar-refractivity contribution in [2.45, 2.75) is 32.2 Å². The van der Waals surface area contributed by atoms with E-state index in [9.17, 15) is 13.2 Å². The van der Waals surface area contributed by atoms with Gasteiger partial charge in [-0.1, -0.05) is 26.0 Å². The molecule has 0 amide bonds. The van der Waals surface area contributed by atoms with Crippen LogP contribution >= 0.6 is 10.5 Å². The summed E-state index contributed by atoms with van der Waals surface area (Å²) in [6, 6.07) is 6.89. The second-order valence-electron chi connectivity index (χ2n) is 4.44. The van der Waals surface area contributed by atoms with Crippen LogP contribution < -0.4 is 0 Å². The van der Waals surface area contributed by atoms with Gasteiger partial charge in [0.15, 0.2) is 9.58 Å². The summed E-state index contributed by atoms with van der Waals surface area (Å²) in [5, 5.41) is 0.761. The van der Waals surface area contributed by atoms with Crippen LogP contribution in [0.25, 0.3) is 10.1 Å². The maximum Gasteiger partial charge on any atom is 0.600 e. The molecule has 0 aliphatic carbocycles. The lowest BCUT2D eigenvalue weighted by molar-refractivity contribution is -0.0868. The fourth-order valence-electron chi connectivity index (χ4n) is 2.01. The minimum atomic E-state index is -4.17. The summed E-state index contributed by atoms with van der Waals surface area (Å²) >= 11 is 0. The maximum absolute atomic E-state index is 13.2. The lowest BCUT2D eigenvalue weighted by atomic mass is 10.1. The van der Waals surface area contributed by atoms with Crippen molar-refractivity contribution in [1.82, 2.24) is 0 Å². The Morgan fingerprint density at radius 2 is 1.82 bits per heavy atom. The van der Waals surface area contributed by atoms with Gasteiger partial charge in [0.1, 0.15) is 0 Å². The number of thiophene rings is 1. The zero-order chi connectivity index (χ0) is 12.8. The van der Waals surface area contributed by atoms with Gasteiger partial charge in [0.25, 0.3) is 0 Å². The SMILES string of the molecule is Cc1cccc2c1cc(C(C)C)[s+]2C(F)(F)F. The molecule has 92 valence electrons. The molecule has 1 aromatic heterocycles. The lowest BCUT2D eigenvalue weighted by Crippen LogP contribution is -1.99. The molecule has 17 heavy (non-hydrogen) atoms. The molecule has 0 spiro atoms. The number of benzene rings is 1. The molecule has 4 heteroatoms.